The normalized spacial score (nSPS) is 10.7. The van der Waals surface area contributed by atoms with E-state index in [0.29, 0.717) is 5.69 Å². The zero-order valence-corrected chi connectivity index (χ0v) is 12.8. The molecule has 0 spiro atoms. The molecule has 0 N–H and O–H groups in total. The maximum atomic E-state index is 12.8. The van der Waals surface area contributed by atoms with Crippen LogP contribution in [0.15, 0.2) is 59.5 Å². The van der Waals surface area contributed by atoms with Gasteiger partial charge in [-0.05, 0) is 18.2 Å². The van der Waals surface area contributed by atoms with Crippen molar-refractivity contribution in [3.8, 4) is 6.07 Å². The highest BCUT2D eigenvalue weighted by Crippen LogP contribution is 2.25. The van der Waals surface area contributed by atoms with Crippen LogP contribution in [0.1, 0.15) is 6.42 Å². The Hall–Kier alpha value is -2.92. The van der Waals surface area contributed by atoms with Gasteiger partial charge in [-0.2, -0.15) is 5.26 Å². The number of para-hydroxylation sites is 1. The number of nitro benzene ring substituents is 1. The van der Waals surface area contributed by atoms with Gasteiger partial charge in [-0.3, -0.25) is 14.4 Å². The Morgan fingerprint density at radius 3 is 2.43 bits per heavy atom. The maximum absolute atomic E-state index is 12.8. The van der Waals surface area contributed by atoms with E-state index in [2.05, 4.69) is 0 Å². The molecule has 0 saturated heterocycles. The van der Waals surface area contributed by atoms with Gasteiger partial charge in [0.15, 0.2) is 0 Å². The van der Waals surface area contributed by atoms with Crippen LogP contribution in [0, 0.1) is 21.4 Å². The molecule has 0 fully saturated rings. The summed E-state index contributed by atoms with van der Waals surface area (Å²) >= 11 is 0. The highest BCUT2D eigenvalue weighted by molar-refractivity contribution is 7.92. The summed E-state index contributed by atoms with van der Waals surface area (Å²) in [6, 6.07) is 15.1. The summed E-state index contributed by atoms with van der Waals surface area (Å²) in [5, 5.41) is 19.6. The second-order valence-electron chi connectivity index (χ2n) is 4.58. The molecule has 118 valence electrons. The Kier molecular flexibility index (Phi) is 4.93. The topological polar surface area (TPSA) is 104 Å². The van der Waals surface area contributed by atoms with Gasteiger partial charge in [0.05, 0.1) is 28.0 Å². The molecular formula is C15H13N3O4S. The van der Waals surface area contributed by atoms with E-state index in [1.807, 2.05) is 6.07 Å². The molecular weight excluding hydrogens is 318 g/mol. The first kappa shape index (κ1) is 16.5. The van der Waals surface area contributed by atoms with Gasteiger partial charge in [0.1, 0.15) is 0 Å². The highest BCUT2D eigenvalue weighted by Gasteiger charge is 2.26. The van der Waals surface area contributed by atoms with Crippen LogP contribution in [0.5, 0.6) is 0 Å². The molecule has 7 nitrogen and oxygen atoms in total. The quantitative estimate of drug-likeness (QED) is 0.598. The zero-order valence-electron chi connectivity index (χ0n) is 12.0. The fraction of sp³-hybridized carbons (Fsp3) is 0.133. The van der Waals surface area contributed by atoms with Crippen molar-refractivity contribution in [3.05, 3.63) is 64.7 Å². The SMILES string of the molecule is N#CCCN(c1ccccc1)S(=O)(=O)c1cccc([N+](=O)[O-])c1. The fourth-order valence-corrected chi connectivity index (χ4v) is 3.52. The van der Waals surface area contributed by atoms with Crippen molar-refractivity contribution in [1.82, 2.24) is 0 Å². The molecule has 0 unspecified atom stereocenters. The number of hydrogen-bond donors (Lipinski definition) is 0. The molecule has 0 aromatic heterocycles. The number of non-ortho nitro benzene ring substituents is 1. The largest absolute Gasteiger partial charge is 0.270 e. The van der Waals surface area contributed by atoms with Crippen molar-refractivity contribution < 1.29 is 13.3 Å². The number of rotatable bonds is 6. The van der Waals surface area contributed by atoms with E-state index in [9.17, 15) is 18.5 Å². The summed E-state index contributed by atoms with van der Waals surface area (Å²) in [5.41, 5.74) is 0.0913. The minimum Gasteiger partial charge on any atom is -0.265 e. The Bertz CT molecular complexity index is 845. The standard InChI is InChI=1S/C15H13N3O4S/c16-10-5-11-17(13-6-2-1-3-7-13)23(21,22)15-9-4-8-14(12-15)18(19)20/h1-4,6-9,12H,5,11H2. The molecule has 0 radical (unpaired) electrons. The van der Waals surface area contributed by atoms with E-state index in [-0.39, 0.29) is 23.5 Å². The smallest absolute Gasteiger partial charge is 0.265 e. The summed E-state index contributed by atoms with van der Waals surface area (Å²) in [6.45, 7) is -0.0362. The van der Waals surface area contributed by atoms with Gasteiger partial charge in [0.25, 0.3) is 15.7 Å². The third kappa shape index (κ3) is 3.64. The fourth-order valence-electron chi connectivity index (χ4n) is 2.02. The van der Waals surface area contributed by atoms with Crippen LogP contribution in [-0.2, 0) is 10.0 Å². The molecule has 23 heavy (non-hydrogen) atoms. The van der Waals surface area contributed by atoms with E-state index in [1.165, 1.54) is 18.2 Å². The van der Waals surface area contributed by atoms with Crippen LogP contribution in [0.3, 0.4) is 0 Å². The van der Waals surface area contributed by atoms with Crippen molar-refractivity contribution >= 4 is 21.4 Å². The van der Waals surface area contributed by atoms with Crippen LogP contribution in [0.25, 0.3) is 0 Å². The first-order chi connectivity index (χ1) is 11.0. The van der Waals surface area contributed by atoms with Crippen LogP contribution in [0.4, 0.5) is 11.4 Å². The number of benzene rings is 2. The molecule has 0 aliphatic rings. The molecule has 0 aliphatic carbocycles. The van der Waals surface area contributed by atoms with Gasteiger partial charge in [-0.25, -0.2) is 8.42 Å². The highest BCUT2D eigenvalue weighted by atomic mass is 32.2. The average molecular weight is 331 g/mol. The molecule has 0 bridgehead atoms. The lowest BCUT2D eigenvalue weighted by Gasteiger charge is -2.23. The van der Waals surface area contributed by atoms with Crippen LogP contribution in [-0.4, -0.2) is 19.9 Å². The number of anilines is 1. The Labute approximate surface area is 133 Å². The number of nitrogens with zero attached hydrogens (tertiary/aromatic N) is 3. The lowest BCUT2D eigenvalue weighted by atomic mass is 10.3. The Balaban J connectivity index is 2.50. The van der Waals surface area contributed by atoms with Gasteiger partial charge in [-0.15, -0.1) is 0 Å². The molecule has 0 amide bonds. The molecule has 2 rings (SSSR count). The molecule has 0 heterocycles. The maximum Gasteiger partial charge on any atom is 0.270 e. The van der Waals surface area contributed by atoms with E-state index in [4.69, 9.17) is 5.26 Å². The predicted molar refractivity (Wildman–Crippen MR) is 84.3 cm³/mol. The summed E-state index contributed by atoms with van der Waals surface area (Å²) in [4.78, 5) is 10.0. The molecule has 0 atom stereocenters. The Morgan fingerprint density at radius 1 is 1.13 bits per heavy atom. The number of sulfonamides is 1. The van der Waals surface area contributed by atoms with Crippen molar-refractivity contribution in [2.75, 3.05) is 10.8 Å². The summed E-state index contributed by atoms with van der Waals surface area (Å²) in [6.07, 6.45) is 0.00303. The second-order valence-corrected chi connectivity index (χ2v) is 6.44. The van der Waals surface area contributed by atoms with Crippen molar-refractivity contribution in [2.24, 2.45) is 0 Å². The minimum absolute atomic E-state index is 0.00303. The van der Waals surface area contributed by atoms with Gasteiger partial charge in [0, 0.05) is 18.7 Å². The van der Waals surface area contributed by atoms with E-state index >= 15 is 0 Å². The third-order valence-electron chi connectivity index (χ3n) is 3.09. The summed E-state index contributed by atoms with van der Waals surface area (Å²) in [7, 11) is -4.00. The number of hydrogen-bond acceptors (Lipinski definition) is 5. The van der Waals surface area contributed by atoms with E-state index in [1.54, 1.807) is 30.3 Å². The summed E-state index contributed by atoms with van der Waals surface area (Å²) < 4.78 is 26.7. The monoisotopic (exact) mass is 331 g/mol. The number of nitriles is 1. The van der Waals surface area contributed by atoms with Crippen molar-refractivity contribution in [1.29, 1.82) is 5.26 Å². The van der Waals surface area contributed by atoms with Gasteiger partial charge in [0.2, 0.25) is 0 Å². The Morgan fingerprint density at radius 2 is 1.83 bits per heavy atom. The van der Waals surface area contributed by atoms with Crippen molar-refractivity contribution in [3.63, 3.8) is 0 Å². The van der Waals surface area contributed by atoms with Gasteiger partial charge < -0.3 is 0 Å². The zero-order chi connectivity index (χ0) is 16.9. The molecule has 8 heteroatoms. The second kappa shape index (κ2) is 6.89. The number of nitro groups is 1. The van der Waals surface area contributed by atoms with Crippen molar-refractivity contribution in [2.45, 2.75) is 11.3 Å². The molecule has 2 aromatic rings. The lowest BCUT2D eigenvalue weighted by molar-refractivity contribution is -0.385. The molecule has 0 aliphatic heterocycles. The first-order valence-corrected chi connectivity index (χ1v) is 8.10. The summed E-state index contributed by atoms with van der Waals surface area (Å²) in [5.74, 6) is 0. The average Bonchev–Trinajstić information content (AvgIpc) is 2.56. The van der Waals surface area contributed by atoms with E-state index in [0.717, 1.165) is 10.4 Å². The third-order valence-corrected chi connectivity index (χ3v) is 4.91. The predicted octanol–water partition coefficient (Wildman–Crippen LogP) is 2.70. The van der Waals surface area contributed by atoms with E-state index < -0.39 is 14.9 Å². The first-order valence-electron chi connectivity index (χ1n) is 6.66. The minimum atomic E-state index is -4.00. The van der Waals surface area contributed by atoms with Gasteiger partial charge >= 0.3 is 0 Å². The molecule has 0 saturated carbocycles. The van der Waals surface area contributed by atoms with Crippen LogP contribution < -0.4 is 4.31 Å². The van der Waals surface area contributed by atoms with Gasteiger partial charge in [-0.1, -0.05) is 24.3 Å². The molecule has 2 aromatic carbocycles. The lowest BCUT2D eigenvalue weighted by Crippen LogP contribution is -2.31. The van der Waals surface area contributed by atoms with Crippen LogP contribution in [0.2, 0.25) is 0 Å². The van der Waals surface area contributed by atoms with Crippen LogP contribution >= 0.6 is 0 Å².